The van der Waals surface area contributed by atoms with E-state index in [9.17, 15) is 9.59 Å². The average Bonchev–Trinajstić information content (AvgIpc) is 3.05. The molecule has 0 spiro atoms. The van der Waals surface area contributed by atoms with Gasteiger partial charge in [-0.25, -0.2) is 4.79 Å². The van der Waals surface area contributed by atoms with Gasteiger partial charge in [0.15, 0.2) is 0 Å². The lowest BCUT2D eigenvalue weighted by Gasteiger charge is -2.05. The first-order valence-electron chi connectivity index (χ1n) is 6.57. The molecule has 2 aromatic rings. The van der Waals surface area contributed by atoms with Crippen LogP contribution in [-0.4, -0.2) is 28.8 Å². The van der Waals surface area contributed by atoms with E-state index in [1.807, 2.05) is 0 Å². The maximum atomic E-state index is 12.2. The molecule has 1 N–H and O–H groups in total. The molecule has 2 aromatic heterocycles. The van der Waals surface area contributed by atoms with Gasteiger partial charge in [0.2, 0.25) is 0 Å². The summed E-state index contributed by atoms with van der Waals surface area (Å²) < 4.78 is 6.24. The van der Waals surface area contributed by atoms with Crippen LogP contribution in [0.5, 0.6) is 0 Å². The molecule has 0 bridgehead atoms. The summed E-state index contributed by atoms with van der Waals surface area (Å²) in [6.07, 6.45) is 3.37. The number of rotatable bonds is 5. The third kappa shape index (κ3) is 3.30. The van der Waals surface area contributed by atoms with Crippen molar-refractivity contribution >= 4 is 28.2 Å². The fourth-order valence-electron chi connectivity index (χ4n) is 1.93. The molecule has 2 rings (SSSR count). The summed E-state index contributed by atoms with van der Waals surface area (Å²) in [5.41, 5.74) is 0.817. The van der Waals surface area contributed by atoms with Gasteiger partial charge in [0.05, 0.1) is 12.7 Å². The smallest absolute Gasteiger partial charge is 0.340 e. The maximum absolute atomic E-state index is 12.2. The van der Waals surface area contributed by atoms with Gasteiger partial charge in [0, 0.05) is 18.1 Å². The number of carbonyl (C=O) groups excluding carboxylic acids is 2. The number of aromatic nitrogens is 2. The van der Waals surface area contributed by atoms with E-state index in [1.54, 1.807) is 25.4 Å². The standard InChI is InChI=1S/C14H17N3O3S/c1-4-5-9-8-10(14(19)20-3)13(21-9)16-12(18)11-6-7-15-17(11)2/h6-8H,4-5H2,1-3H3,(H,16,18). The van der Waals surface area contributed by atoms with E-state index >= 15 is 0 Å². The van der Waals surface area contributed by atoms with Gasteiger partial charge in [0.25, 0.3) is 5.91 Å². The number of hydrogen-bond donors (Lipinski definition) is 1. The zero-order valence-electron chi connectivity index (χ0n) is 12.2. The zero-order valence-corrected chi connectivity index (χ0v) is 13.0. The quantitative estimate of drug-likeness (QED) is 0.861. The highest BCUT2D eigenvalue weighted by Gasteiger charge is 2.20. The Labute approximate surface area is 126 Å². The molecule has 7 heteroatoms. The van der Waals surface area contributed by atoms with E-state index < -0.39 is 5.97 Å². The van der Waals surface area contributed by atoms with Crippen LogP contribution in [0.15, 0.2) is 18.3 Å². The topological polar surface area (TPSA) is 73.2 Å². The van der Waals surface area contributed by atoms with Crippen molar-refractivity contribution in [2.45, 2.75) is 19.8 Å². The van der Waals surface area contributed by atoms with Crippen LogP contribution in [0.3, 0.4) is 0 Å². The molecule has 0 radical (unpaired) electrons. The molecule has 0 aromatic carbocycles. The maximum Gasteiger partial charge on any atom is 0.340 e. The van der Waals surface area contributed by atoms with Crippen LogP contribution in [0.4, 0.5) is 5.00 Å². The molecule has 0 atom stereocenters. The number of carbonyl (C=O) groups is 2. The van der Waals surface area contributed by atoms with Crippen molar-refractivity contribution in [3.8, 4) is 0 Å². The minimum atomic E-state index is -0.450. The highest BCUT2D eigenvalue weighted by molar-refractivity contribution is 7.16. The van der Waals surface area contributed by atoms with Crippen LogP contribution in [-0.2, 0) is 18.2 Å². The van der Waals surface area contributed by atoms with E-state index in [0.29, 0.717) is 16.3 Å². The second-order valence-corrected chi connectivity index (χ2v) is 5.63. The third-order valence-corrected chi connectivity index (χ3v) is 4.08. The molecule has 0 fully saturated rings. The summed E-state index contributed by atoms with van der Waals surface area (Å²) in [7, 11) is 3.01. The summed E-state index contributed by atoms with van der Waals surface area (Å²) in [6.45, 7) is 2.06. The Morgan fingerprint density at radius 1 is 1.48 bits per heavy atom. The number of methoxy groups -OCH3 is 1. The Balaban J connectivity index is 2.27. The lowest BCUT2D eigenvalue weighted by molar-refractivity contribution is 0.0602. The number of thiophene rings is 1. The average molecular weight is 307 g/mol. The van der Waals surface area contributed by atoms with Gasteiger partial charge in [0.1, 0.15) is 10.7 Å². The van der Waals surface area contributed by atoms with Crippen LogP contribution in [0.25, 0.3) is 0 Å². The van der Waals surface area contributed by atoms with Crippen molar-refractivity contribution in [2.75, 3.05) is 12.4 Å². The Kier molecular flexibility index (Phi) is 4.74. The summed E-state index contributed by atoms with van der Waals surface area (Å²) >= 11 is 1.40. The van der Waals surface area contributed by atoms with Crippen LogP contribution in [0, 0.1) is 0 Å². The predicted molar refractivity (Wildman–Crippen MR) is 80.8 cm³/mol. The summed E-state index contributed by atoms with van der Waals surface area (Å²) in [5, 5.41) is 7.23. The number of nitrogens with one attached hydrogen (secondary N) is 1. The first kappa shape index (κ1) is 15.2. The molecule has 0 saturated heterocycles. The van der Waals surface area contributed by atoms with Gasteiger partial charge < -0.3 is 10.1 Å². The molecular formula is C14H17N3O3S. The monoisotopic (exact) mass is 307 g/mol. The SMILES string of the molecule is CCCc1cc(C(=O)OC)c(NC(=O)c2ccnn2C)s1. The summed E-state index contributed by atoms with van der Waals surface area (Å²) in [6, 6.07) is 3.40. The van der Waals surface area contributed by atoms with E-state index in [1.165, 1.54) is 23.1 Å². The van der Waals surface area contributed by atoms with Gasteiger partial charge >= 0.3 is 5.97 Å². The van der Waals surface area contributed by atoms with Crippen molar-refractivity contribution in [1.29, 1.82) is 0 Å². The van der Waals surface area contributed by atoms with E-state index in [2.05, 4.69) is 17.3 Å². The number of nitrogens with zero attached hydrogens (tertiary/aromatic N) is 2. The molecule has 112 valence electrons. The van der Waals surface area contributed by atoms with Crippen LogP contribution < -0.4 is 5.32 Å². The highest BCUT2D eigenvalue weighted by Crippen LogP contribution is 2.30. The third-order valence-electron chi connectivity index (χ3n) is 2.97. The Bertz CT molecular complexity index is 660. The molecule has 21 heavy (non-hydrogen) atoms. The van der Waals surface area contributed by atoms with Crippen LogP contribution >= 0.6 is 11.3 Å². The molecule has 6 nitrogen and oxygen atoms in total. The van der Waals surface area contributed by atoms with E-state index in [4.69, 9.17) is 4.74 Å². The number of ether oxygens (including phenoxy) is 1. The minimum Gasteiger partial charge on any atom is -0.465 e. The molecule has 0 aliphatic carbocycles. The van der Waals surface area contributed by atoms with Gasteiger partial charge in [-0.05, 0) is 18.6 Å². The fourth-order valence-corrected chi connectivity index (χ4v) is 3.07. The first-order chi connectivity index (χ1) is 10.1. The predicted octanol–water partition coefficient (Wildman–Crippen LogP) is 2.47. The number of aryl methyl sites for hydroxylation is 2. The number of hydrogen-bond acceptors (Lipinski definition) is 5. The van der Waals surface area contributed by atoms with Crippen LogP contribution in [0.2, 0.25) is 0 Å². The highest BCUT2D eigenvalue weighted by atomic mass is 32.1. The molecule has 2 heterocycles. The van der Waals surface area contributed by atoms with Crippen molar-refractivity contribution < 1.29 is 14.3 Å². The van der Waals surface area contributed by atoms with E-state index in [0.717, 1.165) is 17.7 Å². The summed E-state index contributed by atoms with van der Waals surface area (Å²) in [5.74, 6) is -0.751. The van der Waals surface area contributed by atoms with E-state index in [-0.39, 0.29) is 5.91 Å². The van der Waals surface area contributed by atoms with Gasteiger partial charge in [-0.3, -0.25) is 9.48 Å². The lowest BCUT2D eigenvalue weighted by Crippen LogP contribution is -2.17. The minimum absolute atomic E-state index is 0.301. The Morgan fingerprint density at radius 3 is 2.81 bits per heavy atom. The molecule has 1 amide bonds. The van der Waals surface area contributed by atoms with Crippen molar-refractivity contribution in [3.05, 3.63) is 34.5 Å². The molecule has 0 aliphatic rings. The number of esters is 1. The number of anilines is 1. The normalized spacial score (nSPS) is 10.4. The Hall–Kier alpha value is -2.15. The first-order valence-corrected chi connectivity index (χ1v) is 7.38. The lowest BCUT2D eigenvalue weighted by atomic mass is 10.2. The van der Waals surface area contributed by atoms with Crippen molar-refractivity contribution in [1.82, 2.24) is 9.78 Å². The van der Waals surface area contributed by atoms with Crippen molar-refractivity contribution in [2.24, 2.45) is 7.05 Å². The number of amides is 1. The van der Waals surface area contributed by atoms with Crippen molar-refractivity contribution in [3.63, 3.8) is 0 Å². The van der Waals surface area contributed by atoms with Crippen LogP contribution in [0.1, 0.15) is 39.1 Å². The Morgan fingerprint density at radius 2 is 2.24 bits per heavy atom. The summed E-state index contributed by atoms with van der Waals surface area (Å²) in [4.78, 5) is 25.1. The fraction of sp³-hybridized carbons (Fsp3) is 0.357. The molecule has 0 aliphatic heterocycles. The molecule has 0 saturated carbocycles. The van der Waals surface area contributed by atoms with Gasteiger partial charge in [-0.15, -0.1) is 11.3 Å². The van der Waals surface area contributed by atoms with Gasteiger partial charge in [-0.2, -0.15) is 5.10 Å². The second-order valence-electron chi connectivity index (χ2n) is 4.49. The molecule has 0 unspecified atom stereocenters. The molecular weight excluding hydrogens is 290 g/mol. The van der Waals surface area contributed by atoms with Gasteiger partial charge in [-0.1, -0.05) is 13.3 Å². The zero-order chi connectivity index (χ0) is 15.4. The second kappa shape index (κ2) is 6.53. The largest absolute Gasteiger partial charge is 0.465 e.